The van der Waals surface area contributed by atoms with Gasteiger partial charge in [-0.2, -0.15) is 10.2 Å². The third-order valence-electron chi connectivity index (χ3n) is 4.85. The molecule has 2 unspecified atom stereocenters. The fraction of sp³-hybridized carbons (Fsp3) is 1.00. The van der Waals surface area contributed by atoms with E-state index in [1.807, 2.05) is 0 Å². The van der Waals surface area contributed by atoms with E-state index in [0.29, 0.717) is 12.1 Å². The molecule has 2 aliphatic heterocycles. The molecule has 2 heteroatoms. The second-order valence-corrected chi connectivity index (χ2v) is 5.02. The predicted octanol–water partition coefficient (Wildman–Crippen LogP) is 2.26. The van der Waals surface area contributed by atoms with Crippen molar-refractivity contribution in [1.29, 1.82) is 0 Å². The van der Waals surface area contributed by atoms with Crippen LogP contribution in [0.25, 0.3) is 0 Å². The van der Waals surface area contributed by atoms with Crippen molar-refractivity contribution in [2.75, 3.05) is 0 Å². The number of nitrogens with zero attached hydrogens (tertiary/aromatic N) is 2. The van der Waals surface area contributed by atoms with Gasteiger partial charge in [-0.1, -0.05) is 0 Å². The van der Waals surface area contributed by atoms with Crippen molar-refractivity contribution < 1.29 is 0 Å². The molecule has 6 atom stereocenters. The smallest absolute Gasteiger partial charge is 0.0771 e. The standard InChI is InChI=1S/C10H14N2/c1-2-6-5(1)9-7-3-4-8(7)10(6)12-11-9/h5-10H,1-4H2/t5-,6-,7-,8+,9?,10?/m1/s1. The van der Waals surface area contributed by atoms with Crippen LogP contribution in [0.3, 0.4) is 0 Å². The highest BCUT2D eigenvalue weighted by Crippen LogP contribution is 2.60. The molecule has 0 radical (unpaired) electrons. The summed E-state index contributed by atoms with van der Waals surface area (Å²) in [5.41, 5.74) is 0. The third kappa shape index (κ3) is 0.477. The Kier molecular flexibility index (Phi) is 0.894. The van der Waals surface area contributed by atoms with E-state index < -0.39 is 0 Å². The maximum Gasteiger partial charge on any atom is 0.0771 e. The minimum absolute atomic E-state index is 0.674. The monoisotopic (exact) mass is 162 g/mol. The summed E-state index contributed by atoms with van der Waals surface area (Å²) >= 11 is 0. The lowest BCUT2D eigenvalue weighted by Crippen LogP contribution is -2.61. The summed E-state index contributed by atoms with van der Waals surface area (Å²) in [5, 5.41) is 8.98. The van der Waals surface area contributed by atoms with Crippen LogP contribution in [0.5, 0.6) is 0 Å². The van der Waals surface area contributed by atoms with Gasteiger partial charge >= 0.3 is 0 Å². The van der Waals surface area contributed by atoms with E-state index in [9.17, 15) is 0 Å². The van der Waals surface area contributed by atoms with Crippen LogP contribution in [0.1, 0.15) is 25.7 Å². The summed E-state index contributed by atoms with van der Waals surface area (Å²) in [7, 11) is 0. The van der Waals surface area contributed by atoms with Gasteiger partial charge in [0.05, 0.1) is 12.1 Å². The molecule has 0 N–H and O–H groups in total. The third-order valence-corrected chi connectivity index (χ3v) is 4.85. The van der Waals surface area contributed by atoms with Crippen molar-refractivity contribution in [2.24, 2.45) is 33.9 Å². The number of rotatable bonds is 0. The topological polar surface area (TPSA) is 24.7 Å². The highest BCUT2D eigenvalue weighted by molar-refractivity contribution is 5.12. The molecule has 2 nitrogen and oxygen atoms in total. The average Bonchev–Trinajstić information content (AvgIpc) is 1.89. The molecular formula is C10H14N2. The molecule has 5 rings (SSSR count). The molecule has 0 amide bonds. The van der Waals surface area contributed by atoms with E-state index in [4.69, 9.17) is 0 Å². The largest absolute Gasteiger partial charge is 0.190 e. The Morgan fingerprint density at radius 2 is 0.917 bits per heavy atom. The van der Waals surface area contributed by atoms with Crippen molar-refractivity contribution in [3.8, 4) is 0 Å². The van der Waals surface area contributed by atoms with Crippen molar-refractivity contribution in [3.63, 3.8) is 0 Å². The first-order chi connectivity index (χ1) is 5.95. The van der Waals surface area contributed by atoms with Crippen molar-refractivity contribution in [1.82, 2.24) is 0 Å². The van der Waals surface area contributed by atoms with Crippen molar-refractivity contribution in [2.45, 2.75) is 37.8 Å². The normalized spacial score (nSPS) is 64.7. The fourth-order valence-electron chi connectivity index (χ4n) is 3.93. The minimum Gasteiger partial charge on any atom is -0.190 e. The maximum atomic E-state index is 4.49. The van der Waals surface area contributed by atoms with E-state index >= 15 is 0 Å². The van der Waals surface area contributed by atoms with Crippen molar-refractivity contribution in [3.05, 3.63) is 0 Å². The van der Waals surface area contributed by atoms with Gasteiger partial charge in [0.2, 0.25) is 0 Å². The Labute approximate surface area is 72.4 Å². The zero-order valence-electron chi connectivity index (χ0n) is 7.19. The van der Waals surface area contributed by atoms with Gasteiger partial charge in [0.15, 0.2) is 0 Å². The lowest BCUT2D eigenvalue weighted by molar-refractivity contribution is -0.0812. The van der Waals surface area contributed by atoms with E-state index in [-0.39, 0.29) is 0 Å². The summed E-state index contributed by atoms with van der Waals surface area (Å²) < 4.78 is 0. The summed E-state index contributed by atoms with van der Waals surface area (Å²) in [6.07, 6.45) is 5.81. The molecule has 0 spiro atoms. The zero-order valence-corrected chi connectivity index (χ0v) is 7.19. The van der Waals surface area contributed by atoms with E-state index in [1.54, 1.807) is 0 Å². The van der Waals surface area contributed by atoms with Gasteiger partial charge in [0, 0.05) is 0 Å². The first-order valence-corrected chi connectivity index (χ1v) is 5.35. The molecule has 0 saturated heterocycles. The molecule has 0 aromatic carbocycles. The highest BCUT2D eigenvalue weighted by atomic mass is 15.2. The van der Waals surface area contributed by atoms with Crippen LogP contribution in [0.4, 0.5) is 0 Å². The van der Waals surface area contributed by atoms with Gasteiger partial charge in [0.25, 0.3) is 0 Å². The van der Waals surface area contributed by atoms with Crippen LogP contribution in [-0.2, 0) is 0 Å². The lowest BCUT2D eigenvalue weighted by Gasteiger charge is -2.60. The molecule has 2 bridgehead atoms. The molecule has 12 heavy (non-hydrogen) atoms. The molecule has 3 saturated carbocycles. The molecule has 3 fully saturated rings. The van der Waals surface area contributed by atoms with Gasteiger partial charge in [0.1, 0.15) is 0 Å². The van der Waals surface area contributed by atoms with Gasteiger partial charge in [-0.3, -0.25) is 0 Å². The van der Waals surface area contributed by atoms with Crippen LogP contribution in [0, 0.1) is 23.7 Å². The molecule has 2 heterocycles. The number of hydrogen-bond acceptors (Lipinski definition) is 2. The Morgan fingerprint density at radius 3 is 1.17 bits per heavy atom. The van der Waals surface area contributed by atoms with Crippen LogP contribution in [0.2, 0.25) is 0 Å². The van der Waals surface area contributed by atoms with Crippen LogP contribution in [0.15, 0.2) is 10.2 Å². The molecule has 0 aromatic rings. The molecule has 64 valence electrons. The molecule has 5 aliphatic rings. The first kappa shape index (κ1) is 6.11. The van der Waals surface area contributed by atoms with Gasteiger partial charge < -0.3 is 0 Å². The number of hydrogen-bond donors (Lipinski definition) is 0. The Hall–Kier alpha value is -0.400. The Balaban J connectivity index is 1.81. The molecule has 3 aliphatic carbocycles. The Morgan fingerprint density at radius 1 is 0.583 bits per heavy atom. The quantitative estimate of drug-likeness (QED) is 0.522. The van der Waals surface area contributed by atoms with Crippen LogP contribution < -0.4 is 0 Å². The summed E-state index contributed by atoms with van der Waals surface area (Å²) in [6, 6.07) is 1.35. The average molecular weight is 162 g/mol. The summed E-state index contributed by atoms with van der Waals surface area (Å²) in [5.74, 6) is 3.87. The highest BCUT2D eigenvalue weighted by Gasteiger charge is 2.59. The fourth-order valence-corrected chi connectivity index (χ4v) is 3.93. The second-order valence-electron chi connectivity index (χ2n) is 5.02. The number of azo groups is 1. The van der Waals surface area contributed by atoms with E-state index in [1.165, 1.54) is 25.7 Å². The lowest BCUT2D eigenvalue weighted by atomic mass is 9.48. The summed E-state index contributed by atoms with van der Waals surface area (Å²) in [6.45, 7) is 0. The zero-order chi connectivity index (χ0) is 7.71. The first-order valence-electron chi connectivity index (χ1n) is 5.35. The molecule has 0 aromatic heterocycles. The molecular weight excluding hydrogens is 148 g/mol. The Bertz CT molecular complexity index is 215. The minimum atomic E-state index is 0.674. The van der Waals surface area contributed by atoms with E-state index in [2.05, 4.69) is 10.2 Å². The van der Waals surface area contributed by atoms with Gasteiger partial charge in [-0.05, 0) is 49.4 Å². The van der Waals surface area contributed by atoms with Crippen LogP contribution in [-0.4, -0.2) is 12.1 Å². The predicted molar refractivity (Wildman–Crippen MR) is 44.9 cm³/mol. The van der Waals surface area contributed by atoms with Gasteiger partial charge in [-0.25, -0.2) is 0 Å². The van der Waals surface area contributed by atoms with Crippen molar-refractivity contribution >= 4 is 0 Å². The summed E-state index contributed by atoms with van der Waals surface area (Å²) in [4.78, 5) is 0. The maximum absolute atomic E-state index is 4.49. The van der Waals surface area contributed by atoms with Crippen LogP contribution >= 0.6 is 0 Å². The second kappa shape index (κ2) is 1.75. The SMILES string of the molecule is C1C[C@H]2C3N=NC([C@@H]12)[C@@H]1CC[C@@H]31. The van der Waals surface area contributed by atoms with E-state index in [0.717, 1.165) is 23.7 Å². The van der Waals surface area contributed by atoms with Gasteiger partial charge in [-0.15, -0.1) is 0 Å².